The molecule has 1 aromatic carbocycles. The van der Waals surface area contributed by atoms with Crippen LogP contribution in [-0.2, 0) is 0 Å². The molecule has 0 amide bonds. The molecule has 0 bridgehead atoms. The first-order valence-electron chi connectivity index (χ1n) is 8.88. The number of hydrogen-bond donors (Lipinski definition) is 0. The summed E-state index contributed by atoms with van der Waals surface area (Å²) in [6, 6.07) is 4.65. The van der Waals surface area contributed by atoms with Gasteiger partial charge in [0.25, 0.3) is 0 Å². The van der Waals surface area contributed by atoms with Crippen LogP contribution in [0.15, 0.2) is 22.3 Å². The Bertz CT molecular complexity index is 484. The maximum absolute atomic E-state index is 9.75. The van der Waals surface area contributed by atoms with Crippen molar-refractivity contribution in [1.29, 1.82) is 0 Å². The Morgan fingerprint density at radius 1 is 0.880 bits per heavy atom. The zero-order valence-electron chi connectivity index (χ0n) is 15.7. The predicted octanol–water partition coefficient (Wildman–Crippen LogP) is 4.43. The van der Waals surface area contributed by atoms with Gasteiger partial charge in [-0.2, -0.15) is 0 Å². The SMILES string of the molecule is CCCCCCCC/C=C/[I+]c1c(C)cc(C)cc1C.F[B-](F)(F)F. The summed E-state index contributed by atoms with van der Waals surface area (Å²) < 4.78 is 43.1. The molecule has 0 unspecified atom stereocenters. The van der Waals surface area contributed by atoms with Gasteiger partial charge in [-0.1, -0.05) is 56.7 Å². The van der Waals surface area contributed by atoms with Crippen molar-refractivity contribution in [2.75, 3.05) is 0 Å². The van der Waals surface area contributed by atoms with Gasteiger partial charge in [0.1, 0.15) is 0 Å². The molecule has 25 heavy (non-hydrogen) atoms. The van der Waals surface area contributed by atoms with Crippen molar-refractivity contribution in [1.82, 2.24) is 0 Å². The predicted molar refractivity (Wildman–Crippen MR) is 96.7 cm³/mol. The van der Waals surface area contributed by atoms with Crippen LogP contribution in [0.5, 0.6) is 0 Å². The van der Waals surface area contributed by atoms with Crippen LogP contribution in [0, 0.1) is 24.3 Å². The normalized spacial score (nSPS) is 11.5. The van der Waals surface area contributed by atoms with Gasteiger partial charge < -0.3 is 17.3 Å². The molecule has 0 aliphatic carbocycles. The van der Waals surface area contributed by atoms with Crippen LogP contribution in [0.2, 0.25) is 0 Å². The highest BCUT2D eigenvalue weighted by Crippen LogP contribution is 2.08. The van der Waals surface area contributed by atoms with Gasteiger partial charge in [-0.05, 0) is 39.7 Å². The van der Waals surface area contributed by atoms with Gasteiger partial charge in [0.2, 0.25) is 0 Å². The van der Waals surface area contributed by atoms with Gasteiger partial charge in [0.15, 0.2) is 7.65 Å². The fourth-order valence-electron chi connectivity index (χ4n) is 2.55. The Morgan fingerprint density at radius 3 is 1.88 bits per heavy atom. The Hall–Kier alpha value is -0.525. The van der Waals surface area contributed by atoms with Crippen molar-refractivity contribution in [3.05, 3.63) is 42.6 Å². The molecule has 0 fully saturated rings. The van der Waals surface area contributed by atoms with Crippen molar-refractivity contribution in [3.63, 3.8) is 0 Å². The number of allylic oxidation sites excluding steroid dienone is 1. The Morgan fingerprint density at radius 2 is 1.36 bits per heavy atom. The average Bonchev–Trinajstić information content (AvgIpc) is 2.46. The molecule has 0 aliphatic heterocycles. The second-order valence-electron chi connectivity index (χ2n) is 6.23. The summed E-state index contributed by atoms with van der Waals surface area (Å²) in [7, 11) is -6.00. The Kier molecular flexibility index (Phi) is 13.4. The Labute approximate surface area is 160 Å². The van der Waals surface area contributed by atoms with E-state index in [1.807, 2.05) is 0 Å². The lowest BCUT2D eigenvalue weighted by atomic mass is 10.1. The van der Waals surface area contributed by atoms with Gasteiger partial charge in [0, 0.05) is 11.1 Å². The molecule has 0 saturated carbocycles. The minimum absolute atomic E-state index is 0.0579. The maximum atomic E-state index is 9.75. The number of unbranched alkanes of at least 4 members (excludes halogenated alkanes) is 6. The number of benzene rings is 1. The summed E-state index contributed by atoms with van der Waals surface area (Å²) in [5, 5.41) is 0. The summed E-state index contributed by atoms with van der Waals surface area (Å²) in [5.74, 6) is 0. The highest BCUT2D eigenvalue weighted by Gasteiger charge is 2.20. The number of aryl methyl sites for hydroxylation is 3. The first-order chi connectivity index (χ1) is 11.6. The molecule has 6 heteroatoms. The summed E-state index contributed by atoms with van der Waals surface area (Å²) in [4.78, 5) is 0. The third kappa shape index (κ3) is 15.4. The van der Waals surface area contributed by atoms with E-state index in [0.717, 1.165) is 0 Å². The lowest BCUT2D eigenvalue weighted by molar-refractivity contribution is -0.558. The van der Waals surface area contributed by atoms with Crippen LogP contribution in [0.3, 0.4) is 0 Å². The standard InChI is InChI=1S/C19H30I.BF4/c1-5-6-7-8-9-10-11-12-13-20-19-17(3)14-16(2)15-18(19)4;2-1(3,4)5/h12-15H,5-11H2,1-4H3;/q+1;-1/b13-12+;. The molecule has 0 radical (unpaired) electrons. The summed E-state index contributed by atoms with van der Waals surface area (Å²) in [6.07, 6.45) is 12.1. The van der Waals surface area contributed by atoms with Crippen LogP contribution in [-0.4, -0.2) is 7.25 Å². The van der Waals surface area contributed by atoms with Crippen molar-refractivity contribution >= 4 is 7.25 Å². The molecule has 0 nitrogen and oxygen atoms in total. The number of halogens is 5. The van der Waals surface area contributed by atoms with E-state index in [2.05, 4.69) is 50.0 Å². The minimum Gasteiger partial charge on any atom is -0.418 e. The lowest BCUT2D eigenvalue weighted by Crippen LogP contribution is -3.59. The zero-order chi connectivity index (χ0) is 19.3. The average molecular weight is 472 g/mol. The van der Waals surface area contributed by atoms with Crippen LogP contribution >= 0.6 is 0 Å². The van der Waals surface area contributed by atoms with E-state index in [1.165, 1.54) is 61.6 Å². The maximum Gasteiger partial charge on any atom is 0.673 e. The van der Waals surface area contributed by atoms with E-state index >= 15 is 0 Å². The molecule has 1 aromatic rings. The monoisotopic (exact) mass is 472 g/mol. The van der Waals surface area contributed by atoms with Crippen LogP contribution in [0.25, 0.3) is 0 Å². The minimum atomic E-state index is -6.00. The third-order valence-corrected chi connectivity index (χ3v) is 6.76. The third-order valence-electron chi connectivity index (χ3n) is 3.57. The topological polar surface area (TPSA) is 0 Å². The van der Waals surface area contributed by atoms with Crippen LogP contribution < -0.4 is 21.2 Å². The summed E-state index contributed by atoms with van der Waals surface area (Å²) in [5.41, 5.74) is 4.36. The molecule has 0 aliphatic rings. The number of hydrogen-bond acceptors (Lipinski definition) is 0. The molecular weight excluding hydrogens is 442 g/mol. The molecule has 0 spiro atoms. The number of rotatable bonds is 9. The van der Waals surface area contributed by atoms with Crippen molar-refractivity contribution in [2.45, 2.75) is 72.6 Å². The van der Waals surface area contributed by atoms with E-state index in [4.69, 9.17) is 0 Å². The highest BCUT2D eigenvalue weighted by atomic mass is 127. The van der Waals surface area contributed by atoms with Crippen LogP contribution in [0.1, 0.15) is 68.6 Å². The fraction of sp³-hybridized carbons (Fsp3) is 0.579. The van der Waals surface area contributed by atoms with E-state index in [1.54, 1.807) is 3.57 Å². The van der Waals surface area contributed by atoms with Gasteiger partial charge in [-0.15, -0.1) is 0 Å². The van der Waals surface area contributed by atoms with Gasteiger partial charge in [0.05, 0.1) is 0 Å². The molecule has 0 heterocycles. The van der Waals surface area contributed by atoms with E-state index in [-0.39, 0.29) is 21.2 Å². The zero-order valence-corrected chi connectivity index (χ0v) is 17.9. The van der Waals surface area contributed by atoms with Crippen molar-refractivity contribution in [3.8, 4) is 0 Å². The molecule has 0 atom stereocenters. The van der Waals surface area contributed by atoms with Crippen molar-refractivity contribution < 1.29 is 38.5 Å². The lowest BCUT2D eigenvalue weighted by Gasteiger charge is -1.99. The highest BCUT2D eigenvalue weighted by molar-refractivity contribution is 6.50. The molecule has 0 saturated heterocycles. The van der Waals surface area contributed by atoms with E-state index in [0.29, 0.717) is 0 Å². The summed E-state index contributed by atoms with van der Waals surface area (Å²) >= 11 is 0.0579. The summed E-state index contributed by atoms with van der Waals surface area (Å²) in [6.45, 7) is 8.99. The largest absolute Gasteiger partial charge is 0.673 e. The molecule has 144 valence electrons. The second kappa shape index (κ2) is 13.6. The van der Waals surface area contributed by atoms with Gasteiger partial charge >= 0.3 is 28.5 Å². The van der Waals surface area contributed by atoms with Gasteiger partial charge in [-0.25, -0.2) is 0 Å². The first kappa shape index (κ1) is 24.5. The van der Waals surface area contributed by atoms with E-state index in [9.17, 15) is 17.3 Å². The quantitative estimate of drug-likeness (QED) is 0.216. The molecule has 0 N–H and O–H groups in total. The van der Waals surface area contributed by atoms with Crippen molar-refractivity contribution in [2.24, 2.45) is 0 Å². The molecule has 0 aromatic heterocycles. The molecular formula is C19H30BF4I. The first-order valence-corrected chi connectivity index (χ1v) is 11.2. The van der Waals surface area contributed by atoms with Gasteiger partial charge in [-0.3, -0.25) is 0 Å². The smallest absolute Gasteiger partial charge is 0.418 e. The molecule has 1 rings (SSSR count). The second-order valence-corrected chi connectivity index (χ2v) is 8.66. The fourth-order valence-corrected chi connectivity index (χ4v) is 4.81. The Balaban J connectivity index is 0.00000101. The van der Waals surface area contributed by atoms with E-state index < -0.39 is 7.25 Å². The van der Waals surface area contributed by atoms with Crippen LogP contribution in [0.4, 0.5) is 17.3 Å².